The monoisotopic (exact) mass is 279 g/mol. The van der Waals surface area contributed by atoms with E-state index in [1.807, 2.05) is 0 Å². The minimum atomic E-state index is -0.281. The van der Waals surface area contributed by atoms with Crippen molar-refractivity contribution in [2.45, 2.75) is 19.8 Å². The molecule has 0 spiro atoms. The van der Waals surface area contributed by atoms with Gasteiger partial charge in [0, 0.05) is 25.7 Å². The fourth-order valence-electron chi connectivity index (χ4n) is 2.23. The van der Waals surface area contributed by atoms with Gasteiger partial charge in [0.1, 0.15) is 18.2 Å². The molecule has 1 N–H and O–H groups in total. The van der Waals surface area contributed by atoms with Crippen molar-refractivity contribution in [2.75, 3.05) is 32.8 Å². The molecule has 0 bridgehead atoms. The SMILES string of the molecule is CCNC(=NCCOc1cccc(F)c1)N1CCCC1. The second-order valence-corrected chi connectivity index (χ2v) is 4.74. The van der Waals surface area contributed by atoms with Gasteiger partial charge < -0.3 is 15.0 Å². The topological polar surface area (TPSA) is 36.9 Å². The van der Waals surface area contributed by atoms with Crippen molar-refractivity contribution in [3.8, 4) is 5.75 Å². The van der Waals surface area contributed by atoms with E-state index in [0.29, 0.717) is 18.9 Å². The number of rotatable bonds is 5. The number of guanidine groups is 1. The minimum Gasteiger partial charge on any atom is -0.492 e. The number of aliphatic imine (C=N–C) groups is 1. The van der Waals surface area contributed by atoms with E-state index >= 15 is 0 Å². The lowest BCUT2D eigenvalue weighted by Crippen LogP contribution is -2.39. The summed E-state index contributed by atoms with van der Waals surface area (Å²) in [5.41, 5.74) is 0. The van der Waals surface area contributed by atoms with E-state index in [2.05, 4.69) is 22.1 Å². The summed E-state index contributed by atoms with van der Waals surface area (Å²) < 4.78 is 18.5. The number of hydrogen-bond acceptors (Lipinski definition) is 2. The second-order valence-electron chi connectivity index (χ2n) is 4.74. The van der Waals surface area contributed by atoms with Gasteiger partial charge in [0.15, 0.2) is 5.96 Å². The normalized spacial score (nSPS) is 15.5. The Morgan fingerprint density at radius 3 is 2.90 bits per heavy atom. The fourth-order valence-corrected chi connectivity index (χ4v) is 2.23. The molecule has 5 heteroatoms. The Hall–Kier alpha value is -1.78. The van der Waals surface area contributed by atoms with Crippen LogP contribution in [0.2, 0.25) is 0 Å². The average Bonchev–Trinajstić information content (AvgIpc) is 2.96. The maximum Gasteiger partial charge on any atom is 0.194 e. The summed E-state index contributed by atoms with van der Waals surface area (Å²) in [5, 5.41) is 3.29. The van der Waals surface area contributed by atoms with E-state index in [1.54, 1.807) is 12.1 Å². The van der Waals surface area contributed by atoms with Gasteiger partial charge in [-0.15, -0.1) is 0 Å². The average molecular weight is 279 g/mol. The quantitative estimate of drug-likeness (QED) is 0.510. The zero-order valence-electron chi connectivity index (χ0n) is 11.9. The van der Waals surface area contributed by atoms with Crippen LogP contribution in [0.4, 0.5) is 4.39 Å². The lowest BCUT2D eigenvalue weighted by Gasteiger charge is -2.20. The first-order valence-electron chi connectivity index (χ1n) is 7.21. The number of nitrogens with zero attached hydrogens (tertiary/aromatic N) is 2. The van der Waals surface area contributed by atoms with Crippen LogP contribution in [0.25, 0.3) is 0 Å². The highest BCUT2D eigenvalue weighted by Gasteiger charge is 2.15. The lowest BCUT2D eigenvalue weighted by molar-refractivity contribution is 0.325. The molecule has 1 saturated heterocycles. The van der Waals surface area contributed by atoms with Gasteiger partial charge >= 0.3 is 0 Å². The van der Waals surface area contributed by atoms with Gasteiger partial charge in [-0.2, -0.15) is 0 Å². The van der Waals surface area contributed by atoms with Crippen LogP contribution in [0, 0.1) is 5.82 Å². The van der Waals surface area contributed by atoms with Crippen molar-refractivity contribution in [2.24, 2.45) is 4.99 Å². The van der Waals surface area contributed by atoms with E-state index < -0.39 is 0 Å². The molecule has 1 aliphatic heterocycles. The Morgan fingerprint density at radius 1 is 1.40 bits per heavy atom. The molecule has 0 unspecified atom stereocenters. The zero-order chi connectivity index (χ0) is 14.2. The smallest absolute Gasteiger partial charge is 0.194 e. The van der Waals surface area contributed by atoms with E-state index in [0.717, 1.165) is 25.6 Å². The molecule has 1 aliphatic rings. The summed E-state index contributed by atoms with van der Waals surface area (Å²) in [4.78, 5) is 6.82. The molecular formula is C15H22FN3O. The molecule has 2 rings (SSSR count). The van der Waals surface area contributed by atoms with E-state index in [-0.39, 0.29) is 5.82 Å². The summed E-state index contributed by atoms with van der Waals surface area (Å²) in [6.45, 7) is 6.07. The van der Waals surface area contributed by atoms with Gasteiger partial charge in [-0.25, -0.2) is 9.38 Å². The maximum atomic E-state index is 13.0. The highest BCUT2D eigenvalue weighted by Crippen LogP contribution is 2.11. The molecule has 1 fully saturated rings. The first kappa shape index (κ1) is 14.6. The molecule has 110 valence electrons. The lowest BCUT2D eigenvalue weighted by atomic mass is 10.3. The number of ether oxygens (including phenoxy) is 1. The van der Waals surface area contributed by atoms with Crippen LogP contribution in [0.3, 0.4) is 0 Å². The molecule has 0 atom stereocenters. The van der Waals surface area contributed by atoms with E-state index in [4.69, 9.17) is 4.74 Å². The molecule has 1 heterocycles. The fraction of sp³-hybridized carbons (Fsp3) is 0.533. The van der Waals surface area contributed by atoms with Gasteiger partial charge in [-0.1, -0.05) is 6.07 Å². The molecule has 20 heavy (non-hydrogen) atoms. The molecular weight excluding hydrogens is 257 g/mol. The molecule has 0 aromatic heterocycles. The van der Waals surface area contributed by atoms with Crippen molar-refractivity contribution < 1.29 is 9.13 Å². The van der Waals surface area contributed by atoms with Crippen LogP contribution in [0.15, 0.2) is 29.3 Å². The molecule has 1 aromatic carbocycles. The number of halogens is 1. The van der Waals surface area contributed by atoms with Gasteiger partial charge in [0.05, 0.1) is 6.54 Å². The van der Waals surface area contributed by atoms with Crippen LogP contribution in [0.5, 0.6) is 5.75 Å². The van der Waals surface area contributed by atoms with Crippen LogP contribution in [-0.2, 0) is 0 Å². The largest absolute Gasteiger partial charge is 0.492 e. The number of nitrogens with one attached hydrogen (secondary N) is 1. The van der Waals surface area contributed by atoms with Crippen molar-refractivity contribution in [3.63, 3.8) is 0 Å². The Labute approximate surface area is 119 Å². The van der Waals surface area contributed by atoms with Crippen LogP contribution in [0.1, 0.15) is 19.8 Å². The summed E-state index contributed by atoms with van der Waals surface area (Å²) in [6, 6.07) is 6.18. The van der Waals surface area contributed by atoms with Crippen molar-refractivity contribution >= 4 is 5.96 Å². The van der Waals surface area contributed by atoms with Gasteiger partial charge in [0.25, 0.3) is 0 Å². The summed E-state index contributed by atoms with van der Waals surface area (Å²) in [7, 11) is 0. The molecule has 0 aliphatic carbocycles. The van der Waals surface area contributed by atoms with Gasteiger partial charge in [0.2, 0.25) is 0 Å². The first-order valence-corrected chi connectivity index (χ1v) is 7.21. The zero-order valence-corrected chi connectivity index (χ0v) is 11.9. The maximum absolute atomic E-state index is 13.0. The third-order valence-corrected chi connectivity index (χ3v) is 3.16. The number of benzene rings is 1. The second kappa shape index (κ2) is 7.72. The Balaban J connectivity index is 1.80. The van der Waals surface area contributed by atoms with Gasteiger partial charge in [-0.05, 0) is 31.9 Å². The third-order valence-electron chi connectivity index (χ3n) is 3.16. The third kappa shape index (κ3) is 4.40. The van der Waals surface area contributed by atoms with Crippen LogP contribution in [-0.4, -0.2) is 43.6 Å². The molecule has 0 amide bonds. The summed E-state index contributed by atoms with van der Waals surface area (Å²) in [5.74, 6) is 1.22. The standard InChI is InChI=1S/C15H22FN3O/c1-2-17-15(19-9-3-4-10-19)18-8-11-20-14-7-5-6-13(16)12-14/h5-7,12H,2-4,8-11H2,1H3,(H,17,18). The van der Waals surface area contributed by atoms with E-state index in [9.17, 15) is 4.39 Å². The molecule has 4 nitrogen and oxygen atoms in total. The highest BCUT2D eigenvalue weighted by molar-refractivity contribution is 5.80. The van der Waals surface area contributed by atoms with Crippen LogP contribution >= 0.6 is 0 Å². The van der Waals surface area contributed by atoms with Gasteiger partial charge in [-0.3, -0.25) is 0 Å². The molecule has 0 radical (unpaired) electrons. The predicted molar refractivity (Wildman–Crippen MR) is 78.7 cm³/mol. The predicted octanol–water partition coefficient (Wildman–Crippen LogP) is 2.27. The number of likely N-dealkylation sites (tertiary alicyclic amines) is 1. The van der Waals surface area contributed by atoms with Crippen molar-refractivity contribution in [1.29, 1.82) is 0 Å². The van der Waals surface area contributed by atoms with Crippen molar-refractivity contribution in [1.82, 2.24) is 10.2 Å². The Bertz CT molecular complexity index is 444. The Morgan fingerprint density at radius 2 is 2.20 bits per heavy atom. The minimum absolute atomic E-state index is 0.281. The van der Waals surface area contributed by atoms with Crippen molar-refractivity contribution in [3.05, 3.63) is 30.1 Å². The summed E-state index contributed by atoms with van der Waals surface area (Å²) >= 11 is 0. The highest BCUT2D eigenvalue weighted by atomic mass is 19.1. The van der Waals surface area contributed by atoms with Crippen LogP contribution < -0.4 is 10.1 Å². The Kier molecular flexibility index (Phi) is 5.65. The summed E-state index contributed by atoms with van der Waals surface area (Å²) in [6.07, 6.45) is 2.45. The van der Waals surface area contributed by atoms with E-state index in [1.165, 1.54) is 25.0 Å². The molecule has 1 aromatic rings. The number of hydrogen-bond donors (Lipinski definition) is 1. The molecule has 0 saturated carbocycles. The first-order chi connectivity index (χ1) is 9.79.